The highest BCUT2D eigenvalue weighted by Gasteiger charge is 2.18. The fourth-order valence-corrected chi connectivity index (χ4v) is 2.48. The fourth-order valence-electron chi connectivity index (χ4n) is 2.48. The molecule has 0 aromatic carbocycles. The van der Waals surface area contributed by atoms with Crippen molar-refractivity contribution >= 4 is 23.5 Å². The SMILES string of the molecule is CNc1cc(C2=CC(=O)CC2)[nH]n1.COCC1C=C(C=O)N(C)N1. The molecule has 1 unspecified atom stereocenters. The summed E-state index contributed by atoms with van der Waals surface area (Å²) in [7, 11) is 5.25. The van der Waals surface area contributed by atoms with Crippen LogP contribution in [0.4, 0.5) is 5.82 Å². The quantitative estimate of drug-likeness (QED) is 0.683. The Hall–Kier alpha value is -2.45. The van der Waals surface area contributed by atoms with Crippen LogP contribution in [0.25, 0.3) is 5.57 Å². The minimum Gasteiger partial charge on any atom is -0.383 e. The first-order valence-corrected chi connectivity index (χ1v) is 7.70. The van der Waals surface area contributed by atoms with E-state index < -0.39 is 0 Å². The minimum atomic E-state index is 0.130. The van der Waals surface area contributed by atoms with E-state index in [1.54, 1.807) is 25.2 Å². The molecular weight excluding hydrogens is 310 g/mol. The number of ketones is 1. The molecule has 1 aliphatic heterocycles. The molecule has 0 saturated heterocycles. The van der Waals surface area contributed by atoms with Gasteiger partial charge in [-0.15, -0.1) is 0 Å². The van der Waals surface area contributed by atoms with Gasteiger partial charge in [-0.2, -0.15) is 5.10 Å². The summed E-state index contributed by atoms with van der Waals surface area (Å²) in [5.74, 6) is 1.01. The number of anilines is 1. The second kappa shape index (κ2) is 8.42. The average molecular weight is 333 g/mol. The summed E-state index contributed by atoms with van der Waals surface area (Å²) >= 11 is 0. The van der Waals surface area contributed by atoms with Crippen LogP contribution in [0.1, 0.15) is 18.5 Å². The lowest BCUT2D eigenvalue weighted by Crippen LogP contribution is -2.36. The third kappa shape index (κ3) is 4.53. The number of hydrogen-bond acceptors (Lipinski definition) is 7. The van der Waals surface area contributed by atoms with E-state index in [1.807, 2.05) is 19.2 Å². The lowest BCUT2D eigenvalue weighted by Gasteiger charge is -2.15. The molecular formula is C16H23N5O3. The van der Waals surface area contributed by atoms with Crippen LogP contribution in [0.15, 0.2) is 23.9 Å². The molecule has 24 heavy (non-hydrogen) atoms. The van der Waals surface area contributed by atoms with E-state index >= 15 is 0 Å². The highest BCUT2D eigenvalue weighted by atomic mass is 16.5. The van der Waals surface area contributed by atoms with Gasteiger partial charge in [0.25, 0.3) is 0 Å². The van der Waals surface area contributed by atoms with E-state index in [2.05, 4.69) is 20.9 Å². The molecule has 8 nitrogen and oxygen atoms in total. The van der Waals surface area contributed by atoms with Gasteiger partial charge in [0.05, 0.1) is 24.0 Å². The number of H-pyrrole nitrogens is 1. The number of aldehydes is 1. The summed E-state index contributed by atoms with van der Waals surface area (Å²) in [6, 6.07) is 2.04. The first kappa shape index (κ1) is 17.9. The van der Waals surface area contributed by atoms with Gasteiger partial charge in [-0.05, 0) is 24.1 Å². The van der Waals surface area contributed by atoms with Crippen LogP contribution < -0.4 is 10.7 Å². The van der Waals surface area contributed by atoms with Crippen LogP contribution in [-0.4, -0.2) is 61.1 Å². The van der Waals surface area contributed by atoms with Crippen molar-refractivity contribution in [1.82, 2.24) is 20.6 Å². The molecule has 1 aromatic heterocycles. The van der Waals surface area contributed by atoms with Crippen molar-refractivity contribution in [3.05, 3.63) is 29.6 Å². The van der Waals surface area contributed by atoms with Gasteiger partial charge in [-0.1, -0.05) is 0 Å². The summed E-state index contributed by atoms with van der Waals surface area (Å²) in [4.78, 5) is 21.4. The highest BCUT2D eigenvalue weighted by molar-refractivity contribution is 6.01. The van der Waals surface area contributed by atoms with Crippen LogP contribution >= 0.6 is 0 Å². The largest absolute Gasteiger partial charge is 0.383 e. The minimum absolute atomic E-state index is 0.130. The molecule has 1 atom stereocenters. The van der Waals surface area contributed by atoms with E-state index in [0.29, 0.717) is 18.7 Å². The van der Waals surface area contributed by atoms with Gasteiger partial charge in [0, 0.05) is 33.7 Å². The maximum atomic E-state index is 11.0. The molecule has 8 heteroatoms. The summed E-state index contributed by atoms with van der Waals surface area (Å²) in [6.07, 6.45) is 5.81. The Morgan fingerprint density at radius 1 is 1.50 bits per heavy atom. The van der Waals surface area contributed by atoms with E-state index in [-0.39, 0.29) is 11.8 Å². The van der Waals surface area contributed by atoms with Crippen molar-refractivity contribution in [2.24, 2.45) is 0 Å². The van der Waals surface area contributed by atoms with Gasteiger partial charge in [-0.3, -0.25) is 14.7 Å². The molecule has 0 fully saturated rings. The zero-order valence-corrected chi connectivity index (χ0v) is 14.1. The number of rotatable bonds is 5. The number of allylic oxidation sites excluding steroid dienone is 3. The number of hydrogen-bond donors (Lipinski definition) is 3. The molecule has 0 radical (unpaired) electrons. The number of aromatic nitrogens is 2. The number of aromatic amines is 1. The molecule has 0 amide bonds. The number of likely N-dealkylation sites (N-methyl/N-ethyl adjacent to an activating group) is 1. The van der Waals surface area contributed by atoms with Gasteiger partial charge < -0.3 is 15.1 Å². The predicted octanol–water partition coefficient (Wildman–Crippen LogP) is 0.732. The monoisotopic (exact) mass is 333 g/mol. The Bertz CT molecular complexity index is 650. The van der Waals surface area contributed by atoms with E-state index in [4.69, 9.17) is 4.74 Å². The number of nitrogens with one attached hydrogen (secondary N) is 3. The number of carbonyl (C=O) groups excluding carboxylic acids is 2. The van der Waals surface area contributed by atoms with Gasteiger partial charge in [0.1, 0.15) is 5.82 Å². The molecule has 130 valence electrons. The number of ether oxygens (including phenoxy) is 1. The first-order valence-electron chi connectivity index (χ1n) is 7.70. The van der Waals surface area contributed by atoms with Crippen LogP contribution in [0.2, 0.25) is 0 Å². The second-order valence-electron chi connectivity index (χ2n) is 5.51. The third-order valence-electron chi connectivity index (χ3n) is 3.74. The van der Waals surface area contributed by atoms with Crippen molar-refractivity contribution in [3.63, 3.8) is 0 Å². The van der Waals surface area contributed by atoms with Crippen LogP contribution in [0.5, 0.6) is 0 Å². The molecule has 1 aromatic rings. The van der Waals surface area contributed by atoms with E-state index in [0.717, 1.165) is 29.8 Å². The van der Waals surface area contributed by atoms with Crippen molar-refractivity contribution in [3.8, 4) is 0 Å². The Balaban J connectivity index is 0.000000177. The number of nitrogens with zero attached hydrogens (tertiary/aromatic N) is 2. The Labute approximate surface area is 140 Å². The highest BCUT2D eigenvalue weighted by Crippen LogP contribution is 2.25. The van der Waals surface area contributed by atoms with Gasteiger partial charge in [-0.25, -0.2) is 5.43 Å². The van der Waals surface area contributed by atoms with Gasteiger partial charge in [0.15, 0.2) is 12.1 Å². The van der Waals surface area contributed by atoms with Crippen molar-refractivity contribution in [2.75, 3.05) is 33.1 Å². The Morgan fingerprint density at radius 3 is 2.79 bits per heavy atom. The molecule has 0 bridgehead atoms. The predicted molar refractivity (Wildman–Crippen MR) is 91.1 cm³/mol. The van der Waals surface area contributed by atoms with Crippen molar-refractivity contribution < 1.29 is 14.3 Å². The average Bonchev–Trinajstić information content (AvgIpc) is 3.28. The van der Waals surface area contributed by atoms with Gasteiger partial charge in [0.2, 0.25) is 0 Å². The van der Waals surface area contributed by atoms with Crippen LogP contribution in [0, 0.1) is 0 Å². The molecule has 3 N–H and O–H groups in total. The zero-order chi connectivity index (χ0) is 17.5. The van der Waals surface area contributed by atoms with Crippen LogP contribution in [0.3, 0.4) is 0 Å². The number of methoxy groups -OCH3 is 1. The number of carbonyl (C=O) groups is 2. The third-order valence-corrected chi connectivity index (χ3v) is 3.74. The summed E-state index contributed by atoms with van der Waals surface area (Å²) in [6.45, 7) is 0.585. The molecule has 1 aliphatic carbocycles. The molecule has 0 spiro atoms. The van der Waals surface area contributed by atoms with E-state index in [1.165, 1.54) is 0 Å². The zero-order valence-electron chi connectivity index (χ0n) is 14.1. The van der Waals surface area contributed by atoms with Crippen LogP contribution in [-0.2, 0) is 14.3 Å². The lowest BCUT2D eigenvalue weighted by atomic mass is 10.2. The molecule has 2 aliphatic rings. The fraction of sp³-hybridized carbons (Fsp3) is 0.438. The molecule has 3 rings (SSSR count). The Morgan fingerprint density at radius 2 is 2.29 bits per heavy atom. The summed E-state index contributed by atoms with van der Waals surface area (Å²) in [5.41, 5.74) is 5.69. The topological polar surface area (TPSA) is 99.4 Å². The maximum Gasteiger partial charge on any atom is 0.167 e. The molecule has 0 saturated carbocycles. The number of hydrazine groups is 1. The normalized spacial score (nSPS) is 19.5. The molecule has 2 heterocycles. The first-order chi connectivity index (χ1) is 11.6. The maximum absolute atomic E-state index is 11.0. The summed E-state index contributed by atoms with van der Waals surface area (Å²) < 4.78 is 4.92. The van der Waals surface area contributed by atoms with Gasteiger partial charge >= 0.3 is 0 Å². The van der Waals surface area contributed by atoms with Crippen molar-refractivity contribution in [2.45, 2.75) is 18.9 Å². The van der Waals surface area contributed by atoms with Crippen molar-refractivity contribution in [1.29, 1.82) is 0 Å². The standard InChI is InChI=1S/C9H11N3O.C7H12N2O2/c1-10-9-5-8(11-12-9)6-2-3-7(13)4-6;1-9-7(4-10)3-6(8-9)5-11-2/h4-5H,2-3H2,1H3,(H2,10,11,12);3-4,6,8H,5H2,1-2H3. The lowest BCUT2D eigenvalue weighted by molar-refractivity contribution is -0.114. The van der Waals surface area contributed by atoms with E-state index in [9.17, 15) is 9.59 Å². The summed E-state index contributed by atoms with van der Waals surface area (Å²) in [5, 5.41) is 11.5. The Kier molecular flexibility index (Phi) is 6.28. The second-order valence-corrected chi connectivity index (χ2v) is 5.51. The smallest absolute Gasteiger partial charge is 0.167 e.